The largest absolute Gasteiger partial charge is 0.506 e. The minimum Gasteiger partial charge on any atom is -0.506 e. The van der Waals surface area contributed by atoms with E-state index in [1.54, 1.807) is 0 Å². The lowest BCUT2D eigenvalue weighted by Gasteiger charge is -2.33. The van der Waals surface area contributed by atoms with Crippen molar-refractivity contribution >= 4 is 31.9 Å². The predicted octanol–water partition coefficient (Wildman–Crippen LogP) is 4.83. The highest BCUT2D eigenvalue weighted by Gasteiger charge is 2.24. The maximum atomic E-state index is 9.70. The second-order valence-corrected chi connectivity index (χ2v) is 7.50. The van der Waals surface area contributed by atoms with Crippen LogP contribution in [-0.2, 0) is 6.54 Å². The normalized spacial score (nSPS) is 27.5. The molecule has 2 nitrogen and oxygen atoms in total. The van der Waals surface area contributed by atoms with Gasteiger partial charge >= 0.3 is 0 Å². The van der Waals surface area contributed by atoms with Gasteiger partial charge in [-0.15, -0.1) is 0 Å². The maximum Gasteiger partial charge on any atom is 0.143 e. The quantitative estimate of drug-likeness (QED) is 0.774. The monoisotopic (exact) mass is 389 g/mol. The van der Waals surface area contributed by atoms with Crippen LogP contribution in [0, 0.1) is 11.8 Å². The molecule has 1 aliphatic carbocycles. The Morgan fingerprint density at radius 2 is 1.84 bits per heavy atom. The van der Waals surface area contributed by atoms with Gasteiger partial charge in [-0.05, 0) is 80.7 Å². The molecule has 106 valence electrons. The Balaban J connectivity index is 1.95. The van der Waals surface area contributed by atoms with Crippen molar-refractivity contribution < 1.29 is 5.11 Å². The second-order valence-electron chi connectivity index (χ2n) is 5.79. The summed E-state index contributed by atoms with van der Waals surface area (Å²) in [7, 11) is 0. The number of rotatable bonds is 3. The van der Waals surface area contributed by atoms with Crippen molar-refractivity contribution in [2.45, 2.75) is 45.7 Å². The van der Waals surface area contributed by atoms with E-state index in [9.17, 15) is 5.11 Å². The van der Waals surface area contributed by atoms with Gasteiger partial charge in [-0.3, -0.25) is 0 Å². The molecule has 1 aliphatic rings. The third kappa shape index (κ3) is 3.96. The van der Waals surface area contributed by atoms with Crippen molar-refractivity contribution in [1.29, 1.82) is 0 Å². The van der Waals surface area contributed by atoms with Crippen molar-refractivity contribution in [2.75, 3.05) is 0 Å². The lowest BCUT2D eigenvalue weighted by atomic mass is 9.80. The first-order valence-corrected chi connectivity index (χ1v) is 8.46. The van der Waals surface area contributed by atoms with Gasteiger partial charge in [0, 0.05) is 12.6 Å². The van der Waals surface area contributed by atoms with Gasteiger partial charge in [0.05, 0.1) is 8.95 Å². The zero-order valence-electron chi connectivity index (χ0n) is 11.4. The molecule has 1 saturated carbocycles. The van der Waals surface area contributed by atoms with E-state index >= 15 is 0 Å². The molecule has 1 fully saturated rings. The molecule has 19 heavy (non-hydrogen) atoms. The average molecular weight is 391 g/mol. The van der Waals surface area contributed by atoms with Gasteiger partial charge in [0.25, 0.3) is 0 Å². The Hall–Kier alpha value is -0.0600. The Morgan fingerprint density at radius 3 is 2.42 bits per heavy atom. The van der Waals surface area contributed by atoms with E-state index < -0.39 is 0 Å². The molecule has 0 aromatic heterocycles. The molecular weight excluding hydrogens is 370 g/mol. The summed E-state index contributed by atoms with van der Waals surface area (Å²) in [5, 5.41) is 13.4. The molecular formula is C15H21Br2NO. The highest BCUT2D eigenvalue weighted by molar-refractivity contribution is 9.11. The zero-order chi connectivity index (χ0) is 14.0. The molecule has 0 spiro atoms. The van der Waals surface area contributed by atoms with E-state index in [1.165, 1.54) is 24.8 Å². The minimum atomic E-state index is 0.267. The van der Waals surface area contributed by atoms with Crippen LogP contribution in [0.15, 0.2) is 21.1 Å². The molecule has 0 saturated heterocycles. The number of halogens is 2. The lowest BCUT2D eigenvalue weighted by molar-refractivity contribution is 0.227. The summed E-state index contributed by atoms with van der Waals surface area (Å²) < 4.78 is 1.48. The number of nitrogens with one attached hydrogen (secondary N) is 1. The van der Waals surface area contributed by atoms with Crippen molar-refractivity contribution in [3.05, 3.63) is 26.6 Å². The molecule has 2 rings (SSSR count). The molecule has 2 N–H and O–H groups in total. The summed E-state index contributed by atoms with van der Waals surface area (Å²) in [5.74, 6) is 1.88. The molecule has 0 bridgehead atoms. The summed E-state index contributed by atoms with van der Waals surface area (Å²) in [6, 6.07) is 4.56. The van der Waals surface area contributed by atoms with Crippen molar-refractivity contribution in [3.63, 3.8) is 0 Å². The maximum absolute atomic E-state index is 9.70. The van der Waals surface area contributed by atoms with Crippen LogP contribution in [0.4, 0.5) is 0 Å². The van der Waals surface area contributed by atoms with Crippen LogP contribution >= 0.6 is 31.9 Å². The Bertz CT molecular complexity index is 427. The number of benzene rings is 1. The van der Waals surface area contributed by atoms with Crippen molar-refractivity contribution in [3.8, 4) is 5.75 Å². The molecule has 0 aliphatic heterocycles. The van der Waals surface area contributed by atoms with E-state index in [0.717, 1.165) is 27.3 Å². The van der Waals surface area contributed by atoms with Crippen LogP contribution in [0.3, 0.4) is 0 Å². The summed E-state index contributed by atoms with van der Waals surface area (Å²) in [5.41, 5.74) is 1.18. The van der Waals surface area contributed by atoms with Gasteiger partial charge in [0.1, 0.15) is 5.75 Å². The highest BCUT2D eigenvalue weighted by atomic mass is 79.9. The molecule has 1 aromatic rings. The van der Waals surface area contributed by atoms with Crippen LogP contribution in [0.2, 0.25) is 0 Å². The van der Waals surface area contributed by atoms with Crippen LogP contribution in [-0.4, -0.2) is 11.1 Å². The number of phenols is 1. The number of hydrogen-bond acceptors (Lipinski definition) is 2. The first-order valence-electron chi connectivity index (χ1n) is 6.87. The minimum absolute atomic E-state index is 0.267. The number of aromatic hydroxyl groups is 1. The first-order chi connectivity index (χ1) is 8.97. The van der Waals surface area contributed by atoms with Gasteiger partial charge in [-0.2, -0.15) is 0 Å². The smallest absolute Gasteiger partial charge is 0.143 e. The number of phenolic OH excluding ortho intramolecular Hbond substituents is 1. The molecule has 4 heteroatoms. The zero-order valence-corrected chi connectivity index (χ0v) is 14.6. The molecule has 0 heterocycles. The van der Waals surface area contributed by atoms with Crippen LogP contribution in [0.1, 0.15) is 38.7 Å². The molecule has 1 aromatic carbocycles. The van der Waals surface area contributed by atoms with Gasteiger partial charge in [-0.1, -0.05) is 13.8 Å². The third-order valence-corrected chi connectivity index (χ3v) is 5.29. The van der Waals surface area contributed by atoms with Crippen molar-refractivity contribution in [2.24, 2.45) is 11.8 Å². The van der Waals surface area contributed by atoms with Gasteiger partial charge < -0.3 is 10.4 Å². The summed E-state index contributed by atoms with van der Waals surface area (Å²) in [4.78, 5) is 0. The number of hydrogen-bond donors (Lipinski definition) is 2. The average Bonchev–Trinajstić information content (AvgIpc) is 2.34. The van der Waals surface area contributed by atoms with Crippen LogP contribution in [0.5, 0.6) is 5.75 Å². The second kappa shape index (κ2) is 6.59. The van der Waals surface area contributed by atoms with E-state index in [2.05, 4.69) is 51.0 Å². The van der Waals surface area contributed by atoms with E-state index in [1.807, 2.05) is 12.1 Å². The third-order valence-electron chi connectivity index (χ3n) is 4.08. The summed E-state index contributed by atoms with van der Waals surface area (Å²) >= 11 is 6.75. The summed E-state index contributed by atoms with van der Waals surface area (Å²) in [6.45, 7) is 5.54. The van der Waals surface area contributed by atoms with Crippen molar-refractivity contribution in [1.82, 2.24) is 5.32 Å². The fraction of sp³-hybridized carbons (Fsp3) is 0.600. The van der Waals surface area contributed by atoms with E-state index in [-0.39, 0.29) is 5.75 Å². The van der Waals surface area contributed by atoms with Crippen LogP contribution < -0.4 is 5.32 Å². The van der Waals surface area contributed by atoms with Gasteiger partial charge in [0.15, 0.2) is 0 Å². The van der Waals surface area contributed by atoms with Crippen LogP contribution in [0.25, 0.3) is 0 Å². The van der Waals surface area contributed by atoms with Gasteiger partial charge in [-0.25, -0.2) is 0 Å². The Kier molecular flexibility index (Phi) is 5.32. The fourth-order valence-electron chi connectivity index (χ4n) is 2.94. The Morgan fingerprint density at radius 1 is 1.21 bits per heavy atom. The SMILES string of the molecule is CC1CCC(NCc2cc(Br)c(O)c(Br)c2)C(C)C1. The Labute approximate surface area is 132 Å². The predicted molar refractivity (Wildman–Crippen MR) is 86.3 cm³/mol. The lowest BCUT2D eigenvalue weighted by Crippen LogP contribution is -2.38. The standard InChI is InChI=1S/C15H21Br2NO/c1-9-3-4-14(10(2)5-9)18-8-11-6-12(16)15(19)13(17)7-11/h6-7,9-10,14,18-19H,3-5,8H2,1-2H3. The van der Waals surface area contributed by atoms with E-state index in [4.69, 9.17) is 0 Å². The molecule has 3 atom stereocenters. The summed E-state index contributed by atoms with van der Waals surface area (Å²) in [6.07, 6.45) is 3.91. The molecule has 0 radical (unpaired) electrons. The highest BCUT2D eigenvalue weighted by Crippen LogP contribution is 2.34. The van der Waals surface area contributed by atoms with E-state index in [0.29, 0.717) is 6.04 Å². The van der Waals surface area contributed by atoms with Gasteiger partial charge in [0.2, 0.25) is 0 Å². The molecule has 3 unspecified atom stereocenters. The topological polar surface area (TPSA) is 32.3 Å². The molecule has 0 amide bonds. The fourth-order valence-corrected chi connectivity index (χ4v) is 4.22. The first kappa shape index (κ1) is 15.3.